The molecule has 4 nitrogen and oxygen atoms in total. The highest BCUT2D eigenvalue weighted by Crippen LogP contribution is 2.25. The summed E-state index contributed by atoms with van der Waals surface area (Å²) in [6.07, 6.45) is 0.978. The van der Waals surface area contributed by atoms with E-state index < -0.39 is 0 Å². The predicted molar refractivity (Wildman–Crippen MR) is 70.3 cm³/mol. The van der Waals surface area contributed by atoms with Crippen LogP contribution in [0.5, 0.6) is 0 Å². The lowest BCUT2D eigenvalue weighted by molar-refractivity contribution is 0.0997. The first kappa shape index (κ1) is 11.2. The monoisotopic (exact) mass is 262 g/mol. The van der Waals surface area contributed by atoms with Gasteiger partial charge in [-0.3, -0.25) is 4.79 Å². The predicted octanol–water partition coefficient (Wildman–Crippen LogP) is 3.15. The number of furan rings is 1. The van der Waals surface area contributed by atoms with Crippen LogP contribution < -0.4 is 10.6 Å². The van der Waals surface area contributed by atoms with Gasteiger partial charge in [0.15, 0.2) is 11.0 Å². The Morgan fingerprint density at radius 2 is 2.22 bits per heavy atom. The summed E-state index contributed by atoms with van der Waals surface area (Å²) < 4.78 is 5.05. The van der Waals surface area contributed by atoms with Gasteiger partial charge in [0.2, 0.25) is 0 Å². The van der Waals surface area contributed by atoms with Crippen LogP contribution >= 0.6 is 11.6 Å². The third-order valence-corrected chi connectivity index (χ3v) is 3.07. The number of carbonyl (C=O) groups excluding carboxylic acids is 1. The molecule has 18 heavy (non-hydrogen) atoms. The zero-order valence-corrected chi connectivity index (χ0v) is 10.3. The van der Waals surface area contributed by atoms with Gasteiger partial charge in [0.05, 0.1) is 0 Å². The van der Waals surface area contributed by atoms with Crippen LogP contribution in [-0.4, -0.2) is 12.5 Å². The fourth-order valence-electron chi connectivity index (χ4n) is 2.01. The van der Waals surface area contributed by atoms with E-state index in [0.717, 1.165) is 24.3 Å². The Hall–Kier alpha value is -1.94. The Labute approximate surface area is 109 Å². The van der Waals surface area contributed by atoms with E-state index in [1.54, 1.807) is 12.1 Å². The molecule has 3 rings (SSSR count). The SMILES string of the molecule is O=C(Nc1ccc2c(c1)CCN2)c1ccc(Cl)o1. The van der Waals surface area contributed by atoms with Crippen molar-refractivity contribution in [2.45, 2.75) is 6.42 Å². The van der Waals surface area contributed by atoms with Gasteiger partial charge >= 0.3 is 0 Å². The van der Waals surface area contributed by atoms with Crippen LogP contribution in [0.1, 0.15) is 16.1 Å². The van der Waals surface area contributed by atoms with Crippen LogP contribution in [-0.2, 0) is 6.42 Å². The highest BCUT2D eigenvalue weighted by atomic mass is 35.5. The van der Waals surface area contributed by atoms with Crippen LogP contribution in [0.25, 0.3) is 0 Å². The van der Waals surface area contributed by atoms with Crippen molar-refractivity contribution in [2.24, 2.45) is 0 Å². The minimum atomic E-state index is -0.298. The average Bonchev–Trinajstić information content (AvgIpc) is 2.96. The number of hydrogen-bond acceptors (Lipinski definition) is 3. The van der Waals surface area contributed by atoms with Gasteiger partial charge in [0.25, 0.3) is 5.91 Å². The lowest BCUT2D eigenvalue weighted by Gasteiger charge is -2.05. The Bertz CT molecular complexity index is 607. The summed E-state index contributed by atoms with van der Waals surface area (Å²) in [4.78, 5) is 11.8. The van der Waals surface area contributed by atoms with Crippen molar-refractivity contribution in [2.75, 3.05) is 17.2 Å². The Morgan fingerprint density at radius 1 is 1.33 bits per heavy atom. The van der Waals surface area contributed by atoms with Crippen LogP contribution in [0.2, 0.25) is 5.22 Å². The van der Waals surface area contributed by atoms with E-state index >= 15 is 0 Å². The highest BCUT2D eigenvalue weighted by molar-refractivity contribution is 6.29. The molecule has 0 aliphatic carbocycles. The fraction of sp³-hybridized carbons (Fsp3) is 0.154. The summed E-state index contributed by atoms with van der Waals surface area (Å²) >= 11 is 5.63. The maximum absolute atomic E-state index is 11.8. The van der Waals surface area contributed by atoms with Gasteiger partial charge < -0.3 is 15.1 Å². The summed E-state index contributed by atoms with van der Waals surface area (Å²) in [5.41, 5.74) is 3.11. The normalized spacial score (nSPS) is 12.9. The van der Waals surface area contributed by atoms with Crippen LogP contribution in [0.3, 0.4) is 0 Å². The van der Waals surface area contributed by atoms with Gasteiger partial charge in [-0.15, -0.1) is 0 Å². The van der Waals surface area contributed by atoms with Crippen LogP contribution in [0.15, 0.2) is 34.7 Å². The molecule has 2 N–H and O–H groups in total. The largest absolute Gasteiger partial charge is 0.440 e. The molecule has 92 valence electrons. The maximum atomic E-state index is 11.8. The van der Waals surface area contributed by atoms with E-state index in [4.69, 9.17) is 16.0 Å². The number of hydrogen-bond donors (Lipinski definition) is 2. The molecule has 1 aromatic heterocycles. The summed E-state index contributed by atoms with van der Waals surface area (Å²) in [6.45, 7) is 0.945. The molecule has 1 amide bonds. The number of nitrogens with one attached hydrogen (secondary N) is 2. The van der Waals surface area contributed by atoms with E-state index in [2.05, 4.69) is 10.6 Å². The lowest BCUT2D eigenvalue weighted by atomic mass is 10.1. The van der Waals surface area contributed by atoms with Crippen LogP contribution in [0.4, 0.5) is 11.4 Å². The second-order valence-electron chi connectivity index (χ2n) is 4.11. The third kappa shape index (κ3) is 2.07. The molecule has 1 aliphatic heterocycles. The van der Waals surface area contributed by atoms with Crippen molar-refractivity contribution in [1.29, 1.82) is 0 Å². The molecule has 0 spiro atoms. The third-order valence-electron chi connectivity index (χ3n) is 2.87. The second kappa shape index (κ2) is 4.38. The molecule has 1 aromatic carbocycles. The maximum Gasteiger partial charge on any atom is 0.291 e. The number of benzene rings is 1. The topological polar surface area (TPSA) is 54.3 Å². The molecule has 1 aliphatic rings. The summed E-state index contributed by atoms with van der Waals surface area (Å²) in [7, 11) is 0. The van der Waals surface area contributed by atoms with Crippen molar-refractivity contribution in [3.8, 4) is 0 Å². The molecular weight excluding hydrogens is 252 g/mol. The molecule has 0 radical (unpaired) electrons. The van der Waals surface area contributed by atoms with Crippen molar-refractivity contribution < 1.29 is 9.21 Å². The Kier molecular flexibility index (Phi) is 2.72. The first-order chi connectivity index (χ1) is 8.72. The van der Waals surface area contributed by atoms with Crippen molar-refractivity contribution >= 4 is 28.9 Å². The summed E-state index contributed by atoms with van der Waals surface area (Å²) in [5, 5.41) is 6.26. The van der Waals surface area contributed by atoms with Gasteiger partial charge in [0, 0.05) is 17.9 Å². The first-order valence-corrected chi connectivity index (χ1v) is 6.04. The fourth-order valence-corrected chi connectivity index (χ4v) is 2.16. The summed E-state index contributed by atoms with van der Waals surface area (Å²) in [5.74, 6) is -0.0913. The van der Waals surface area contributed by atoms with Gasteiger partial charge in [-0.1, -0.05) is 0 Å². The first-order valence-electron chi connectivity index (χ1n) is 5.66. The zero-order valence-electron chi connectivity index (χ0n) is 9.50. The smallest absolute Gasteiger partial charge is 0.291 e. The number of amides is 1. The van der Waals surface area contributed by atoms with E-state index in [9.17, 15) is 4.79 Å². The van der Waals surface area contributed by atoms with E-state index in [0.29, 0.717) is 0 Å². The number of halogens is 1. The minimum absolute atomic E-state index is 0.207. The lowest BCUT2D eigenvalue weighted by Crippen LogP contribution is -2.10. The Morgan fingerprint density at radius 3 is 3.00 bits per heavy atom. The molecule has 0 saturated heterocycles. The molecule has 5 heteroatoms. The molecule has 0 fully saturated rings. The average molecular weight is 263 g/mol. The van der Waals surface area contributed by atoms with Gasteiger partial charge in [-0.05, 0) is 53.9 Å². The number of carbonyl (C=O) groups is 1. The van der Waals surface area contributed by atoms with Gasteiger partial charge in [-0.25, -0.2) is 0 Å². The van der Waals surface area contributed by atoms with Gasteiger partial charge in [-0.2, -0.15) is 0 Å². The summed E-state index contributed by atoms with van der Waals surface area (Å²) in [6, 6.07) is 8.89. The number of fused-ring (bicyclic) bond motifs is 1. The number of anilines is 2. The van der Waals surface area contributed by atoms with Crippen molar-refractivity contribution in [1.82, 2.24) is 0 Å². The van der Waals surface area contributed by atoms with Crippen molar-refractivity contribution in [3.05, 3.63) is 46.9 Å². The van der Waals surface area contributed by atoms with E-state index in [1.807, 2.05) is 18.2 Å². The molecule has 0 saturated carbocycles. The quantitative estimate of drug-likeness (QED) is 0.874. The molecule has 0 atom stereocenters. The molecule has 0 bridgehead atoms. The van der Waals surface area contributed by atoms with E-state index in [-0.39, 0.29) is 16.9 Å². The number of rotatable bonds is 2. The second-order valence-corrected chi connectivity index (χ2v) is 4.48. The van der Waals surface area contributed by atoms with Crippen LogP contribution in [0, 0.1) is 0 Å². The van der Waals surface area contributed by atoms with Crippen molar-refractivity contribution in [3.63, 3.8) is 0 Å². The molecule has 2 aromatic rings. The molecular formula is C13H11ClN2O2. The molecule has 2 heterocycles. The van der Waals surface area contributed by atoms with Gasteiger partial charge in [0.1, 0.15) is 0 Å². The van der Waals surface area contributed by atoms with E-state index in [1.165, 1.54) is 5.56 Å². The molecule has 0 unspecified atom stereocenters. The zero-order chi connectivity index (χ0) is 12.5. The highest BCUT2D eigenvalue weighted by Gasteiger charge is 2.13. The standard InChI is InChI=1S/C13H11ClN2O2/c14-12-4-3-11(18-12)13(17)16-9-1-2-10-8(7-9)5-6-15-10/h1-4,7,15H,5-6H2,(H,16,17). The Balaban J connectivity index is 1.78. The minimum Gasteiger partial charge on any atom is -0.440 e.